The maximum atomic E-state index is 13.3. The van der Waals surface area contributed by atoms with E-state index in [0.717, 1.165) is 43.0 Å². The summed E-state index contributed by atoms with van der Waals surface area (Å²) in [5.41, 5.74) is 8.54. The molecule has 3 aliphatic heterocycles. The predicted molar refractivity (Wildman–Crippen MR) is 103 cm³/mol. The van der Waals surface area contributed by atoms with Gasteiger partial charge in [-0.3, -0.25) is 9.80 Å². The van der Waals surface area contributed by atoms with Crippen LogP contribution in [0.25, 0.3) is 0 Å². The van der Waals surface area contributed by atoms with Crippen LogP contribution in [0.4, 0.5) is 4.79 Å². The first-order valence-corrected chi connectivity index (χ1v) is 9.33. The summed E-state index contributed by atoms with van der Waals surface area (Å²) >= 11 is 0. The number of rotatable bonds is 3. The Balaban J connectivity index is 1.72. The molecule has 0 aromatic heterocycles. The molecule has 4 rings (SSSR count). The lowest BCUT2D eigenvalue weighted by Gasteiger charge is -2.44. The summed E-state index contributed by atoms with van der Waals surface area (Å²) < 4.78 is 0. The molecular weight excluding hydrogens is 338 g/mol. The van der Waals surface area contributed by atoms with Gasteiger partial charge in [0.05, 0.1) is 18.2 Å². The normalized spacial score (nSPS) is 22.1. The molecule has 0 spiro atoms. The fourth-order valence-corrected chi connectivity index (χ4v) is 3.86. The first-order chi connectivity index (χ1) is 13.2. The van der Waals surface area contributed by atoms with Crippen LogP contribution in [0.3, 0.4) is 0 Å². The number of allylic oxidation sites excluding steroid dienone is 3. The highest BCUT2D eigenvalue weighted by Gasteiger charge is 2.35. The Bertz CT molecular complexity index is 879. The highest BCUT2D eigenvalue weighted by Crippen LogP contribution is 2.30. The van der Waals surface area contributed by atoms with E-state index in [1.807, 2.05) is 36.4 Å². The average molecular weight is 361 g/mol. The van der Waals surface area contributed by atoms with Gasteiger partial charge >= 0.3 is 6.03 Å². The van der Waals surface area contributed by atoms with Crippen molar-refractivity contribution in [2.45, 2.75) is 25.4 Å². The predicted octanol–water partition coefficient (Wildman–Crippen LogP) is 2.51. The number of nitrogens with two attached hydrogens (primary N) is 1. The van der Waals surface area contributed by atoms with Crippen molar-refractivity contribution in [1.29, 1.82) is 5.26 Å². The summed E-state index contributed by atoms with van der Waals surface area (Å²) in [4.78, 5) is 19.0. The molecule has 1 aromatic rings. The number of piperidine rings is 1. The Morgan fingerprint density at radius 1 is 1.30 bits per heavy atom. The van der Waals surface area contributed by atoms with Crippen LogP contribution in [0.15, 0.2) is 60.1 Å². The standard InChI is InChI=1S/C21H23N5O/c22-13-16-6-1-2-7-17(16)14-26-20(24-10-5-8-18(23)15-24)12-19-9-3-4-11-25(19)21(26)27/h1-4,6-7,9,12,18H,5,8,10-11,14-15,23H2/t18-/m1/s1. The van der Waals surface area contributed by atoms with Crippen molar-refractivity contribution in [2.24, 2.45) is 5.73 Å². The number of carbonyl (C=O) groups excluding carboxylic acids is 1. The number of benzene rings is 1. The number of urea groups is 1. The van der Waals surface area contributed by atoms with Gasteiger partial charge in [0, 0.05) is 37.4 Å². The minimum absolute atomic E-state index is 0.0602. The Morgan fingerprint density at radius 3 is 2.96 bits per heavy atom. The van der Waals surface area contributed by atoms with Crippen LogP contribution in [0.2, 0.25) is 0 Å². The molecule has 1 atom stereocenters. The van der Waals surface area contributed by atoms with Gasteiger partial charge in [0.25, 0.3) is 0 Å². The van der Waals surface area contributed by atoms with Gasteiger partial charge in [-0.15, -0.1) is 0 Å². The summed E-state index contributed by atoms with van der Waals surface area (Å²) in [6, 6.07) is 9.73. The van der Waals surface area contributed by atoms with Gasteiger partial charge in [-0.05, 0) is 30.5 Å². The van der Waals surface area contributed by atoms with Crippen molar-refractivity contribution in [1.82, 2.24) is 14.7 Å². The molecule has 0 radical (unpaired) electrons. The molecule has 2 amide bonds. The molecule has 1 fully saturated rings. The number of amides is 2. The van der Waals surface area contributed by atoms with Crippen molar-refractivity contribution in [2.75, 3.05) is 19.6 Å². The summed E-state index contributed by atoms with van der Waals surface area (Å²) in [5, 5.41) is 9.43. The van der Waals surface area contributed by atoms with Gasteiger partial charge in [-0.1, -0.05) is 30.4 Å². The topological polar surface area (TPSA) is 76.6 Å². The van der Waals surface area contributed by atoms with E-state index in [9.17, 15) is 10.1 Å². The Labute approximate surface area is 159 Å². The molecule has 6 nitrogen and oxygen atoms in total. The average Bonchev–Trinajstić information content (AvgIpc) is 2.70. The monoisotopic (exact) mass is 361 g/mol. The minimum Gasteiger partial charge on any atom is -0.356 e. The second-order valence-electron chi connectivity index (χ2n) is 7.12. The lowest BCUT2D eigenvalue weighted by molar-refractivity contribution is 0.137. The first kappa shape index (κ1) is 17.4. The maximum Gasteiger partial charge on any atom is 0.330 e. The number of carbonyl (C=O) groups is 1. The van der Waals surface area contributed by atoms with Crippen molar-refractivity contribution in [3.05, 3.63) is 71.2 Å². The molecule has 6 heteroatoms. The highest BCUT2D eigenvalue weighted by atomic mass is 16.2. The first-order valence-electron chi connectivity index (χ1n) is 9.33. The van der Waals surface area contributed by atoms with Gasteiger partial charge < -0.3 is 10.6 Å². The molecule has 0 bridgehead atoms. The summed E-state index contributed by atoms with van der Waals surface area (Å²) in [7, 11) is 0. The zero-order valence-corrected chi connectivity index (χ0v) is 15.2. The Morgan fingerprint density at radius 2 is 2.15 bits per heavy atom. The molecule has 3 heterocycles. The van der Waals surface area contributed by atoms with E-state index in [0.29, 0.717) is 18.7 Å². The van der Waals surface area contributed by atoms with Crippen molar-refractivity contribution in [3.8, 4) is 6.07 Å². The smallest absolute Gasteiger partial charge is 0.330 e. The van der Waals surface area contributed by atoms with Crippen molar-refractivity contribution < 1.29 is 4.79 Å². The fraction of sp³-hybridized carbons (Fsp3) is 0.333. The summed E-state index contributed by atoms with van der Waals surface area (Å²) in [6.45, 7) is 2.54. The second-order valence-corrected chi connectivity index (χ2v) is 7.12. The van der Waals surface area contributed by atoms with Crippen LogP contribution in [-0.2, 0) is 6.54 Å². The van der Waals surface area contributed by atoms with Gasteiger partial charge in [-0.25, -0.2) is 4.79 Å². The van der Waals surface area contributed by atoms with Crippen LogP contribution in [-0.4, -0.2) is 46.4 Å². The number of fused-ring (bicyclic) bond motifs is 1. The third-order valence-electron chi connectivity index (χ3n) is 5.27. The molecule has 27 heavy (non-hydrogen) atoms. The van der Waals surface area contributed by atoms with E-state index in [4.69, 9.17) is 5.73 Å². The van der Waals surface area contributed by atoms with Gasteiger partial charge in [-0.2, -0.15) is 5.26 Å². The van der Waals surface area contributed by atoms with E-state index in [-0.39, 0.29) is 12.1 Å². The Hall–Kier alpha value is -3.04. The Kier molecular flexibility index (Phi) is 4.69. The van der Waals surface area contributed by atoms with Gasteiger partial charge in [0.2, 0.25) is 0 Å². The second kappa shape index (κ2) is 7.29. The molecule has 0 saturated carbocycles. The van der Waals surface area contributed by atoms with E-state index in [1.165, 1.54) is 0 Å². The van der Waals surface area contributed by atoms with Gasteiger partial charge in [0.15, 0.2) is 0 Å². The quantitative estimate of drug-likeness (QED) is 0.897. The molecule has 0 unspecified atom stereocenters. The molecule has 138 valence electrons. The lowest BCUT2D eigenvalue weighted by Crippen LogP contribution is -2.52. The molecule has 0 aliphatic carbocycles. The number of likely N-dealkylation sites (tertiary alicyclic amines) is 1. The zero-order valence-electron chi connectivity index (χ0n) is 15.2. The van der Waals surface area contributed by atoms with Crippen LogP contribution in [0.1, 0.15) is 24.0 Å². The maximum absolute atomic E-state index is 13.3. The number of nitrogens with zero attached hydrogens (tertiary/aromatic N) is 4. The summed E-state index contributed by atoms with van der Waals surface area (Å²) in [6.07, 6.45) is 10.0. The number of hydrogen-bond acceptors (Lipinski definition) is 4. The summed E-state index contributed by atoms with van der Waals surface area (Å²) in [5.74, 6) is 0.876. The SMILES string of the molecule is N#Cc1ccccc1CN1C(=O)N2CC=CC=C2C=C1N1CCC[C@@H](N)C1. The van der Waals surface area contributed by atoms with Crippen molar-refractivity contribution >= 4 is 6.03 Å². The van der Waals surface area contributed by atoms with Crippen LogP contribution >= 0.6 is 0 Å². The minimum atomic E-state index is -0.0602. The van der Waals surface area contributed by atoms with Crippen LogP contribution < -0.4 is 5.73 Å². The van der Waals surface area contributed by atoms with E-state index < -0.39 is 0 Å². The van der Waals surface area contributed by atoms with E-state index in [1.54, 1.807) is 15.9 Å². The number of nitriles is 1. The van der Waals surface area contributed by atoms with Crippen LogP contribution in [0.5, 0.6) is 0 Å². The number of hydrogen-bond donors (Lipinski definition) is 1. The van der Waals surface area contributed by atoms with E-state index in [2.05, 4.69) is 17.0 Å². The molecular formula is C21H23N5O. The third-order valence-corrected chi connectivity index (χ3v) is 5.27. The van der Waals surface area contributed by atoms with E-state index >= 15 is 0 Å². The molecule has 1 saturated heterocycles. The fourth-order valence-electron chi connectivity index (χ4n) is 3.86. The third kappa shape index (κ3) is 3.34. The van der Waals surface area contributed by atoms with Gasteiger partial charge in [0.1, 0.15) is 5.82 Å². The van der Waals surface area contributed by atoms with Crippen LogP contribution in [0, 0.1) is 11.3 Å². The molecule has 2 N–H and O–H groups in total. The highest BCUT2D eigenvalue weighted by molar-refractivity contribution is 5.81. The van der Waals surface area contributed by atoms with Crippen molar-refractivity contribution in [3.63, 3.8) is 0 Å². The largest absolute Gasteiger partial charge is 0.356 e. The zero-order chi connectivity index (χ0) is 18.8. The molecule has 3 aliphatic rings. The molecule has 1 aromatic carbocycles. The lowest BCUT2D eigenvalue weighted by atomic mass is 10.0.